The standard InChI is InChI=1S/C12H18N2O.ClH/c15-12-9-14-8-11(12)7-13-6-10-4-2-1-3-5-10;/h1-5,11-15H,6-9H2;1H. The molecule has 0 saturated carbocycles. The van der Waals surface area contributed by atoms with Crippen LogP contribution in [0.2, 0.25) is 0 Å². The maximum atomic E-state index is 9.58. The van der Waals surface area contributed by atoms with E-state index in [1.54, 1.807) is 0 Å². The van der Waals surface area contributed by atoms with Gasteiger partial charge in [-0.1, -0.05) is 30.3 Å². The Kier molecular flexibility index (Phi) is 5.77. The van der Waals surface area contributed by atoms with Crippen LogP contribution in [0.3, 0.4) is 0 Å². The van der Waals surface area contributed by atoms with E-state index in [0.717, 1.165) is 26.2 Å². The molecule has 0 aliphatic carbocycles. The van der Waals surface area contributed by atoms with Crippen LogP contribution in [0.4, 0.5) is 0 Å². The lowest BCUT2D eigenvalue weighted by molar-refractivity contribution is 0.146. The van der Waals surface area contributed by atoms with Crippen molar-refractivity contribution in [3.8, 4) is 0 Å². The third-order valence-electron chi connectivity index (χ3n) is 2.88. The van der Waals surface area contributed by atoms with Crippen LogP contribution in [-0.2, 0) is 6.54 Å². The summed E-state index contributed by atoms with van der Waals surface area (Å²) in [5, 5.41) is 16.1. The first kappa shape index (κ1) is 13.5. The van der Waals surface area contributed by atoms with E-state index in [2.05, 4.69) is 22.8 Å². The molecule has 1 aromatic carbocycles. The lowest BCUT2D eigenvalue weighted by atomic mass is 10.1. The predicted octanol–water partition coefficient (Wildman–Crippen LogP) is 0.778. The van der Waals surface area contributed by atoms with Crippen LogP contribution < -0.4 is 10.6 Å². The van der Waals surface area contributed by atoms with Crippen molar-refractivity contribution in [1.82, 2.24) is 10.6 Å². The van der Waals surface area contributed by atoms with Gasteiger partial charge < -0.3 is 15.7 Å². The van der Waals surface area contributed by atoms with Crippen molar-refractivity contribution in [2.75, 3.05) is 19.6 Å². The number of benzene rings is 1. The Balaban J connectivity index is 0.00000128. The van der Waals surface area contributed by atoms with E-state index in [1.165, 1.54) is 5.56 Å². The minimum Gasteiger partial charge on any atom is -0.391 e. The van der Waals surface area contributed by atoms with Crippen molar-refractivity contribution in [3.05, 3.63) is 35.9 Å². The van der Waals surface area contributed by atoms with Crippen LogP contribution in [0, 0.1) is 5.92 Å². The first-order chi connectivity index (χ1) is 7.36. The Morgan fingerprint density at radius 3 is 2.62 bits per heavy atom. The predicted molar refractivity (Wildman–Crippen MR) is 67.8 cm³/mol. The van der Waals surface area contributed by atoms with E-state index < -0.39 is 0 Å². The summed E-state index contributed by atoms with van der Waals surface area (Å²) in [7, 11) is 0. The maximum absolute atomic E-state index is 9.58. The third-order valence-corrected chi connectivity index (χ3v) is 2.88. The molecule has 16 heavy (non-hydrogen) atoms. The van der Waals surface area contributed by atoms with Gasteiger partial charge in [0.15, 0.2) is 0 Å². The lowest BCUT2D eigenvalue weighted by Crippen LogP contribution is -2.30. The van der Waals surface area contributed by atoms with Gasteiger partial charge in [-0.15, -0.1) is 12.4 Å². The van der Waals surface area contributed by atoms with Gasteiger partial charge in [-0.3, -0.25) is 0 Å². The zero-order valence-electron chi connectivity index (χ0n) is 9.23. The molecule has 0 bridgehead atoms. The molecule has 0 aromatic heterocycles. The number of rotatable bonds is 4. The molecule has 3 N–H and O–H groups in total. The zero-order valence-corrected chi connectivity index (χ0v) is 10.0. The molecule has 1 aliphatic heterocycles. The Bertz CT molecular complexity index is 294. The van der Waals surface area contributed by atoms with E-state index >= 15 is 0 Å². The van der Waals surface area contributed by atoms with Gasteiger partial charge in [0.2, 0.25) is 0 Å². The Hall–Kier alpha value is -0.610. The molecular weight excluding hydrogens is 224 g/mol. The van der Waals surface area contributed by atoms with Crippen molar-refractivity contribution < 1.29 is 5.11 Å². The number of halogens is 1. The Morgan fingerprint density at radius 2 is 2.00 bits per heavy atom. The van der Waals surface area contributed by atoms with Gasteiger partial charge in [0.1, 0.15) is 0 Å². The number of nitrogens with one attached hydrogen (secondary N) is 2. The summed E-state index contributed by atoms with van der Waals surface area (Å²) in [5.74, 6) is 0.355. The second kappa shape index (κ2) is 6.86. The molecule has 2 unspecified atom stereocenters. The second-order valence-corrected chi connectivity index (χ2v) is 4.10. The van der Waals surface area contributed by atoms with E-state index in [0.29, 0.717) is 5.92 Å². The Morgan fingerprint density at radius 1 is 1.25 bits per heavy atom. The molecule has 0 amide bonds. The van der Waals surface area contributed by atoms with Gasteiger partial charge in [-0.2, -0.15) is 0 Å². The molecule has 90 valence electrons. The normalized spacial score (nSPS) is 24.1. The minimum absolute atomic E-state index is 0. The summed E-state index contributed by atoms with van der Waals surface area (Å²) in [5.41, 5.74) is 1.29. The summed E-state index contributed by atoms with van der Waals surface area (Å²) >= 11 is 0. The average Bonchev–Trinajstić information content (AvgIpc) is 2.66. The van der Waals surface area contributed by atoms with Crippen molar-refractivity contribution in [1.29, 1.82) is 0 Å². The van der Waals surface area contributed by atoms with Crippen LogP contribution in [0.15, 0.2) is 30.3 Å². The molecule has 1 fully saturated rings. The van der Waals surface area contributed by atoms with Crippen LogP contribution in [0.25, 0.3) is 0 Å². The molecule has 0 spiro atoms. The van der Waals surface area contributed by atoms with E-state index in [4.69, 9.17) is 0 Å². The van der Waals surface area contributed by atoms with Crippen LogP contribution >= 0.6 is 12.4 Å². The number of aliphatic hydroxyl groups excluding tert-OH is 1. The van der Waals surface area contributed by atoms with Crippen molar-refractivity contribution in [3.63, 3.8) is 0 Å². The van der Waals surface area contributed by atoms with Crippen molar-refractivity contribution in [2.45, 2.75) is 12.6 Å². The third kappa shape index (κ3) is 3.76. The summed E-state index contributed by atoms with van der Waals surface area (Å²) in [6.07, 6.45) is -0.187. The number of hydrogen-bond acceptors (Lipinski definition) is 3. The van der Waals surface area contributed by atoms with Gasteiger partial charge in [-0.05, 0) is 5.56 Å². The van der Waals surface area contributed by atoms with E-state index in [9.17, 15) is 5.11 Å². The van der Waals surface area contributed by atoms with Gasteiger partial charge in [0.25, 0.3) is 0 Å². The summed E-state index contributed by atoms with van der Waals surface area (Å²) in [6.45, 7) is 3.41. The van der Waals surface area contributed by atoms with Gasteiger partial charge in [0, 0.05) is 32.1 Å². The summed E-state index contributed by atoms with van der Waals surface area (Å²) < 4.78 is 0. The fraction of sp³-hybridized carbons (Fsp3) is 0.500. The van der Waals surface area contributed by atoms with E-state index in [1.807, 2.05) is 18.2 Å². The molecular formula is C12H19ClN2O. The fourth-order valence-electron chi connectivity index (χ4n) is 1.93. The zero-order chi connectivity index (χ0) is 10.5. The molecule has 1 aliphatic rings. The number of hydrogen-bond donors (Lipinski definition) is 3. The second-order valence-electron chi connectivity index (χ2n) is 4.10. The quantitative estimate of drug-likeness (QED) is 0.731. The fourth-order valence-corrected chi connectivity index (χ4v) is 1.93. The van der Waals surface area contributed by atoms with Crippen molar-refractivity contribution >= 4 is 12.4 Å². The molecule has 2 atom stereocenters. The van der Waals surface area contributed by atoms with Crippen LogP contribution in [-0.4, -0.2) is 30.8 Å². The highest BCUT2D eigenvalue weighted by molar-refractivity contribution is 5.85. The summed E-state index contributed by atoms with van der Waals surface area (Å²) in [4.78, 5) is 0. The molecule has 1 heterocycles. The number of β-amino-alcohol motifs (C(OH)–C–C–N with tert-alkyl or cyclic N) is 1. The minimum atomic E-state index is -0.187. The summed E-state index contributed by atoms with van der Waals surface area (Å²) in [6, 6.07) is 10.3. The molecule has 3 nitrogen and oxygen atoms in total. The van der Waals surface area contributed by atoms with Crippen LogP contribution in [0.5, 0.6) is 0 Å². The average molecular weight is 243 g/mol. The first-order valence-corrected chi connectivity index (χ1v) is 5.49. The Labute approximate surface area is 103 Å². The maximum Gasteiger partial charge on any atom is 0.0716 e. The van der Waals surface area contributed by atoms with Crippen LogP contribution in [0.1, 0.15) is 5.56 Å². The number of aliphatic hydroxyl groups is 1. The van der Waals surface area contributed by atoms with Crippen molar-refractivity contribution in [2.24, 2.45) is 5.92 Å². The monoisotopic (exact) mass is 242 g/mol. The lowest BCUT2D eigenvalue weighted by Gasteiger charge is -2.13. The van der Waals surface area contributed by atoms with Gasteiger partial charge in [-0.25, -0.2) is 0 Å². The molecule has 2 rings (SSSR count). The molecule has 0 radical (unpaired) electrons. The highest BCUT2D eigenvalue weighted by Crippen LogP contribution is 2.07. The van der Waals surface area contributed by atoms with Gasteiger partial charge in [0.05, 0.1) is 6.10 Å². The molecule has 1 saturated heterocycles. The topological polar surface area (TPSA) is 44.3 Å². The smallest absolute Gasteiger partial charge is 0.0716 e. The van der Waals surface area contributed by atoms with Gasteiger partial charge >= 0.3 is 0 Å². The molecule has 1 aromatic rings. The SMILES string of the molecule is Cl.OC1CNCC1CNCc1ccccc1. The highest BCUT2D eigenvalue weighted by atomic mass is 35.5. The van der Waals surface area contributed by atoms with E-state index in [-0.39, 0.29) is 18.5 Å². The first-order valence-electron chi connectivity index (χ1n) is 5.49. The highest BCUT2D eigenvalue weighted by Gasteiger charge is 2.23. The molecule has 4 heteroatoms. The largest absolute Gasteiger partial charge is 0.391 e.